The van der Waals surface area contributed by atoms with Crippen molar-refractivity contribution in [3.63, 3.8) is 0 Å². The molecule has 0 bridgehead atoms. The third kappa shape index (κ3) is 5.14. The van der Waals surface area contributed by atoms with Gasteiger partial charge in [-0.15, -0.1) is 0 Å². The second-order valence-corrected chi connectivity index (χ2v) is 4.81. The lowest BCUT2D eigenvalue weighted by molar-refractivity contribution is -0.142. The summed E-state index contributed by atoms with van der Waals surface area (Å²) < 4.78 is 0. The Kier molecular flexibility index (Phi) is 4.89. The Morgan fingerprint density at radius 2 is 2.00 bits per heavy atom. The number of aliphatic carboxylic acids is 1. The fourth-order valence-electron chi connectivity index (χ4n) is 1.89. The Morgan fingerprint density at radius 1 is 1.41 bits per heavy atom. The number of hydrogen-bond acceptors (Lipinski definition) is 4. The standard InChI is InChI=1S/C11H20N2O4/c1-11(17,6-9(14)15)7-13-10(16)8-2-4-12-5-3-8/h8,12,17H,2-7H2,1H3,(H,13,16)(H,14,15). The summed E-state index contributed by atoms with van der Waals surface area (Å²) in [4.78, 5) is 22.2. The van der Waals surface area contributed by atoms with Crippen LogP contribution in [0, 0.1) is 5.92 Å². The van der Waals surface area contributed by atoms with Crippen LogP contribution in [0.3, 0.4) is 0 Å². The van der Waals surface area contributed by atoms with Crippen molar-refractivity contribution in [2.75, 3.05) is 19.6 Å². The van der Waals surface area contributed by atoms with E-state index in [0.717, 1.165) is 25.9 Å². The van der Waals surface area contributed by atoms with Crippen molar-refractivity contribution in [2.24, 2.45) is 5.92 Å². The molecule has 0 aromatic carbocycles. The molecule has 0 aromatic heterocycles. The second kappa shape index (κ2) is 5.97. The van der Waals surface area contributed by atoms with Crippen LogP contribution < -0.4 is 10.6 Å². The summed E-state index contributed by atoms with van der Waals surface area (Å²) in [6, 6.07) is 0. The van der Waals surface area contributed by atoms with Crippen LogP contribution in [0.2, 0.25) is 0 Å². The Balaban J connectivity index is 2.33. The molecule has 6 heteroatoms. The van der Waals surface area contributed by atoms with Crippen LogP contribution in [0.25, 0.3) is 0 Å². The molecule has 0 saturated carbocycles. The maximum Gasteiger partial charge on any atom is 0.306 e. The molecule has 98 valence electrons. The van der Waals surface area contributed by atoms with Gasteiger partial charge in [0.1, 0.15) is 0 Å². The number of carboxylic acids is 1. The Morgan fingerprint density at radius 3 is 2.53 bits per heavy atom. The number of amides is 1. The monoisotopic (exact) mass is 244 g/mol. The summed E-state index contributed by atoms with van der Waals surface area (Å²) in [5.41, 5.74) is -1.39. The average molecular weight is 244 g/mol. The quantitative estimate of drug-likeness (QED) is 0.514. The SMILES string of the molecule is CC(O)(CNC(=O)C1CCNCC1)CC(=O)O. The first kappa shape index (κ1) is 13.9. The zero-order valence-corrected chi connectivity index (χ0v) is 10.0. The highest BCUT2D eigenvalue weighted by Crippen LogP contribution is 2.13. The lowest BCUT2D eigenvalue weighted by Gasteiger charge is -2.25. The van der Waals surface area contributed by atoms with Crippen LogP contribution in [-0.4, -0.2) is 47.3 Å². The minimum Gasteiger partial charge on any atom is -0.481 e. The Bertz CT molecular complexity index is 285. The number of aliphatic hydroxyl groups is 1. The van der Waals surface area contributed by atoms with Gasteiger partial charge in [-0.25, -0.2) is 0 Å². The zero-order valence-electron chi connectivity index (χ0n) is 10.0. The van der Waals surface area contributed by atoms with Gasteiger partial charge in [0.05, 0.1) is 12.0 Å². The van der Waals surface area contributed by atoms with E-state index in [9.17, 15) is 14.7 Å². The molecule has 1 amide bonds. The third-order valence-electron chi connectivity index (χ3n) is 2.89. The van der Waals surface area contributed by atoms with Crippen LogP contribution in [0.15, 0.2) is 0 Å². The molecule has 0 spiro atoms. The van der Waals surface area contributed by atoms with E-state index in [2.05, 4.69) is 10.6 Å². The maximum atomic E-state index is 11.7. The van der Waals surface area contributed by atoms with Gasteiger partial charge in [-0.1, -0.05) is 0 Å². The van der Waals surface area contributed by atoms with Crippen LogP contribution in [0.4, 0.5) is 0 Å². The van der Waals surface area contributed by atoms with Crippen molar-refractivity contribution in [1.82, 2.24) is 10.6 Å². The molecule has 17 heavy (non-hydrogen) atoms. The topological polar surface area (TPSA) is 98.7 Å². The van der Waals surface area contributed by atoms with E-state index >= 15 is 0 Å². The molecule has 6 nitrogen and oxygen atoms in total. The lowest BCUT2D eigenvalue weighted by Crippen LogP contribution is -2.45. The van der Waals surface area contributed by atoms with E-state index in [1.54, 1.807) is 0 Å². The van der Waals surface area contributed by atoms with Crippen molar-refractivity contribution in [2.45, 2.75) is 31.8 Å². The van der Waals surface area contributed by atoms with Crippen LogP contribution >= 0.6 is 0 Å². The number of piperidine rings is 1. The molecule has 1 aliphatic heterocycles. The molecule has 1 rings (SSSR count). The minimum absolute atomic E-state index is 0.0257. The van der Waals surface area contributed by atoms with E-state index in [4.69, 9.17) is 5.11 Å². The summed E-state index contributed by atoms with van der Waals surface area (Å²) in [6.45, 7) is 3.03. The summed E-state index contributed by atoms with van der Waals surface area (Å²) in [6.07, 6.45) is 1.19. The maximum absolute atomic E-state index is 11.7. The van der Waals surface area contributed by atoms with Gasteiger partial charge in [-0.2, -0.15) is 0 Å². The van der Waals surface area contributed by atoms with Crippen molar-refractivity contribution in [1.29, 1.82) is 0 Å². The number of carbonyl (C=O) groups is 2. The number of nitrogens with one attached hydrogen (secondary N) is 2. The molecular weight excluding hydrogens is 224 g/mol. The van der Waals surface area contributed by atoms with Gasteiger partial charge in [0, 0.05) is 12.5 Å². The number of carboxylic acid groups (broad SMARTS) is 1. The van der Waals surface area contributed by atoms with Gasteiger partial charge in [0.25, 0.3) is 0 Å². The van der Waals surface area contributed by atoms with Crippen LogP contribution in [0.1, 0.15) is 26.2 Å². The van der Waals surface area contributed by atoms with Crippen molar-refractivity contribution in [3.8, 4) is 0 Å². The normalized spacial score (nSPS) is 20.6. The molecule has 1 fully saturated rings. The van der Waals surface area contributed by atoms with Crippen molar-refractivity contribution >= 4 is 11.9 Å². The molecule has 1 aliphatic rings. The first-order valence-electron chi connectivity index (χ1n) is 5.83. The summed E-state index contributed by atoms with van der Waals surface area (Å²) in [5.74, 6) is -1.21. The van der Waals surface area contributed by atoms with Gasteiger partial charge >= 0.3 is 5.97 Å². The largest absolute Gasteiger partial charge is 0.481 e. The fourth-order valence-corrected chi connectivity index (χ4v) is 1.89. The third-order valence-corrected chi connectivity index (χ3v) is 2.89. The predicted octanol–water partition coefficient (Wildman–Crippen LogP) is -0.672. The molecular formula is C11H20N2O4. The van der Waals surface area contributed by atoms with E-state index in [0.29, 0.717) is 0 Å². The molecule has 0 radical (unpaired) electrons. The van der Waals surface area contributed by atoms with Crippen molar-refractivity contribution in [3.05, 3.63) is 0 Å². The second-order valence-electron chi connectivity index (χ2n) is 4.81. The van der Waals surface area contributed by atoms with E-state index in [1.807, 2.05) is 0 Å². The van der Waals surface area contributed by atoms with E-state index in [-0.39, 0.29) is 24.8 Å². The molecule has 4 N–H and O–H groups in total. The Hall–Kier alpha value is -1.14. The van der Waals surface area contributed by atoms with Gasteiger partial charge in [-0.3, -0.25) is 9.59 Å². The van der Waals surface area contributed by atoms with Gasteiger partial charge in [0.2, 0.25) is 5.91 Å². The van der Waals surface area contributed by atoms with E-state index in [1.165, 1.54) is 6.92 Å². The molecule has 1 unspecified atom stereocenters. The molecule has 1 heterocycles. The van der Waals surface area contributed by atoms with Gasteiger partial charge in [0.15, 0.2) is 0 Å². The zero-order chi connectivity index (χ0) is 12.9. The number of carbonyl (C=O) groups excluding carboxylic acids is 1. The summed E-state index contributed by atoms with van der Waals surface area (Å²) in [5, 5.41) is 24.1. The fraction of sp³-hybridized carbons (Fsp3) is 0.818. The highest BCUT2D eigenvalue weighted by molar-refractivity contribution is 5.79. The van der Waals surface area contributed by atoms with Crippen molar-refractivity contribution < 1.29 is 19.8 Å². The molecule has 1 saturated heterocycles. The summed E-state index contributed by atoms with van der Waals surface area (Å²) >= 11 is 0. The van der Waals surface area contributed by atoms with E-state index < -0.39 is 11.6 Å². The smallest absolute Gasteiger partial charge is 0.306 e. The lowest BCUT2D eigenvalue weighted by atomic mass is 9.96. The average Bonchev–Trinajstić information content (AvgIpc) is 2.25. The molecule has 1 atom stereocenters. The predicted molar refractivity (Wildman–Crippen MR) is 61.5 cm³/mol. The first-order chi connectivity index (χ1) is 7.91. The Labute approximate surface area is 100 Å². The number of hydrogen-bond donors (Lipinski definition) is 4. The van der Waals surface area contributed by atoms with Gasteiger partial charge in [-0.05, 0) is 32.9 Å². The first-order valence-corrected chi connectivity index (χ1v) is 5.83. The minimum atomic E-state index is -1.39. The molecule has 0 aromatic rings. The summed E-state index contributed by atoms with van der Waals surface area (Å²) in [7, 11) is 0. The highest BCUT2D eigenvalue weighted by Gasteiger charge is 2.27. The number of rotatable bonds is 5. The molecule has 0 aliphatic carbocycles. The van der Waals surface area contributed by atoms with Crippen LogP contribution in [-0.2, 0) is 9.59 Å². The highest BCUT2D eigenvalue weighted by atomic mass is 16.4. The van der Waals surface area contributed by atoms with Gasteiger partial charge < -0.3 is 20.8 Å². The van der Waals surface area contributed by atoms with Crippen LogP contribution in [0.5, 0.6) is 0 Å².